The molecule has 1 atom stereocenters. The van der Waals surface area contributed by atoms with Crippen LogP contribution in [-0.2, 0) is 0 Å². The van der Waals surface area contributed by atoms with E-state index in [4.69, 9.17) is 0 Å². The van der Waals surface area contributed by atoms with Gasteiger partial charge in [0.15, 0.2) is 5.78 Å². The van der Waals surface area contributed by atoms with Crippen LogP contribution in [0.15, 0.2) is 66.7 Å². The number of hydrogen-bond donors (Lipinski definition) is 1. The molecule has 1 amide bonds. The molecule has 0 spiro atoms. The van der Waals surface area contributed by atoms with Gasteiger partial charge in [0.2, 0.25) is 5.78 Å². The van der Waals surface area contributed by atoms with E-state index in [0.717, 1.165) is 5.56 Å². The van der Waals surface area contributed by atoms with E-state index in [1.165, 1.54) is 24.3 Å². The van der Waals surface area contributed by atoms with Gasteiger partial charge in [0, 0.05) is 16.7 Å². The third kappa shape index (κ3) is 3.06. The Kier molecular flexibility index (Phi) is 4.71. The first-order chi connectivity index (χ1) is 14.4. The van der Waals surface area contributed by atoms with Gasteiger partial charge in [-0.15, -0.1) is 0 Å². The van der Waals surface area contributed by atoms with E-state index in [1.54, 1.807) is 19.1 Å². The van der Waals surface area contributed by atoms with E-state index in [9.17, 15) is 24.5 Å². The number of rotatable bonds is 4. The lowest BCUT2D eigenvalue weighted by Crippen LogP contribution is -2.29. The molecule has 0 bridgehead atoms. The summed E-state index contributed by atoms with van der Waals surface area (Å²) in [5.74, 6) is -1.81. The highest BCUT2D eigenvalue weighted by molar-refractivity contribution is 6.30. The molecule has 148 valence electrons. The van der Waals surface area contributed by atoms with E-state index in [0.29, 0.717) is 0 Å². The highest BCUT2D eigenvalue weighted by Crippen LogP contribution is 2.35. The van der Waals surface area contributed by atoms with Gasteiger partial charge >= 0.3 is 0 Å². The number of benzene rings is 3. The third-order valence-electron chi connectivity index (χ3n) is 5.14. The van der Waals surface area contributed by atoms with Crippen LogP contribution in [-0.4, -0.2) is 22.4 Å². The fraction of sp³-hybridized carbons (Fsp3) is 0.0870. The monoisotopic (exact) mass is 400 g/mol. The van der Waals surface area contributed by atoms with Gasteiger partial charge in [-0.3, -0.25) is 24.5 Å². The zero-order chi connectivity index (χ0) is 21.4. The number of carbonyl (C=O) groups is 3. The Balaban J connectivity index is 1.80. The Hall–Kier alpha value is -4.13. The predicted molar refractivity (Wildman–Crippen MR) is 109 cm³/mol. The number of nitro groups is 1. The van der Waals surface area contributed by atoms with Crippen molar-refractivity contribution in [2.24, 2.45) is 0 Å². The molecule has 0 saturated carbocycles. The Bertz CT molecular complexity index is 1220. The van der Waals surface area contributed by atoms with Crippen LogP contribution in [0.5, 0.6) is 0 Å². The standard InChI is InChI=1S/C23H16N2O5/c1-13(14-7-3-2-4-8-14)24-23(28)18-12-11-17-19(20(18)25(29)30)22(27)16-10-6-5-9-15(16)21(17)26/h2-13H,1H3,(H,24,28)/t13-/m1/s1. The number of fused-ring (bicyclic) bond motifs is 2. The summed E-state index contributed by atoms with van der Waals surface area (Å²) >= 11 is 0. The van der Waals surface area contributed by atoms with Crippen molar-refractivity contribution < 1.29 is 19.3 Å². The van der Waals surface area contributed by atoms with Crippen LogP contribution in [0.3, 0.4) is 0 Å². The van der Waals surface area contributed by atoms with Gasteiger partial charge in [-0.25, -0.2) is 0 Å². The van der Waals surface area contributed by atoms with Crippen LogP contribution in [0.2, 0.25) is 0 Å². The van der Waals surface area contributed by atoms with Gasteiger partial charge in [-0.05, 0) is 24.6 Å². The van der Waals surface area contributed by atoms with Crippen molar-refractivity contribution in [3.63, 3.8) is 0 Å². The van der Waals surface area contributed by atoms with Crippen molar-refractivity contribution in [2.75, 3.05) is 0 Å². The van der Waals surface area contributed by atoms with Crippen LogP contribution in [0.4, 0.5) is 5.69 Å². The number of ketones is 2. The lowest BCUT2D eigenvalue weighted by molar-refractivity contribution is -0.385. The Morgan fingerprint density at radius 3 is 2.10 bits per heavy atom. The third-order valence-corrected chi connectivity index (χ3v) is 5.14. The summed E-state index contributed by atoms with van der Waals surface area (Å²) in [4.78, 5) is 49.8. The lowest BCUT2D eigenvalue weighted by Gasteiger charge is -2.19. The van der Waals surface area contributed by atoms with Gasteiger partial charge in [0.1, 0.15) is 11.1 Å². The second-order valence-corrected chi connectivity index (χ2v) is 6.95. The lowest BCUT2D eigenvalue weighted by atomic mass is 9.82. The summed E-state index contributed by atoms with van der Waals surface area (Å²) in [6, 6.07) is 17.4. The normalized spacial score (nSPS) is 13.2. The Morgan fingerprint density at radius 1 is 0.867 bits per heavy atom. The van der Waals surface area contributed by atoms with Crippen LogP contribution < -0.4 is 5.32 Å². The molecule has 7 nitrogen and oxygen atoms in total. The second-order valence-electron chi connectivity index (χ2n) is 6.95. The molecule has 1 aliphatic rings. The van der Waals surface area contributed by atoms with E-state index >= 15 is 0 Å². The molecule has 1 aliphatic carbocycles. The number of carbonyl (C=O) groups excluding carboxylic acids is 3. The highest BCUT2D eigenvalue weighted by atomic mass is 16.6. The van der Waals surface area contributed by atoms with Gasteiger partial charge in [0.25, 0.3) is 11.6 Å². The predicted octanol–water partition coefficient (Wildman–Crippen LogP) is 3.86. The zero-order valence-corrected chi connectivity index (χ0v) is 15.9. The van der Waals surface area contributed by atoms with E-state index < -0.39 is 34.1 Å². The second kappa shape index (κ2) is 7.36. The molecule has 0 radical (unpaired) electrons. The minimum absolute atomic E-state index is 0.0712. The van der Waals surface area contributed by atoms with Crippen molar-refractivity contribution in [1.29, 1.82) is 0 Å². The SMILES string of the molecule is C[C@@H](NC(=O)c1ccc2c(c1[N+](=O)[O-])C(=O)c1ccccc1C2=O)c1ccccc1. The summed E-state index contributed by atoms with van der Waals surface area (Å²) in [5, 5.41) is 14.6. The van der Waals surface area contributed by atoms with Crippen molar-refractivity contribution in [2.45, 2.75) is 13.0 Å². The first kappa shape index (κ1) is 19.2. The average Bonchev–Trinajstić information content (AvgIpc) is 2.76. The number of nitrogens with zero attached hydrogens (tertiary/aromatic N) is 1. The fourth-order valence-corrected chi connectivity index (χ4v) is 3.64. The highest BCUT2D eigenvalue weighted by Gasteiger charge is 2.38. The molecule has 0 aromatic heterocycles. The van der Waals surface area contributed by atoms with Crippen LogP contribution >= 0.6 is 0 Å². The Morgan fingerprint density at radius 2 is 1.47 bits per heavy atom. The molecule has 3 aromatic carbocycles. The summed E-state index contributed by atoms with van der Waals surface area (Å²) in [6.07, 6.45) is 0. The molecule has 0 fully saturated rings. The van der Waals surface area contributed by atoms with E-state index in [2.05, 4.69) is 5.32 Å². The number of nitro benzene ring substituents is 1. The molecule has 0 saturated heterocycles. The maximum absolute atomic E-state index is 13.0. The number of nitrogens with one attached hydrogen (secondary N) is 1. The Labute approximate surface area is 171 Å². The van der Waals surface area contributed by atoms with E-state index in [1.807, 2.05) is 30.3 Å². The molecule has 0 heterocycles. The summed E-state index contributed by atoms with van der Waals surface area (Å²) < 4.78 is 0. The minimum atomic E-state index is -0.778. The van der Waals surface area contributed by atoms with Gasteiger partial charge < -0.3 is 5.32 Å². The van der Waals surface area contributed by atoms with Crippen molar-refractivity contribution >= 4 is 23.2 Å². The maximum atomic E-state index is 13.0. The van der Waals surface area contributed by atoms with Crippen molar-refractivity contribution in [1.82, 2.24) is 5.32 Å². The number of amides is 1. The fourth-order valence-electron chi connectivity index (χ4n) is 3.64. The van der Waals surface area contributed by atoms with Crippen LogP contribution in [0, 0.1) is 10.1 Å². The van der Waals surface area contributed by atoms with Crippen molar-refractivity contribution in [3.05, 3.63) is 110 Å². The minimum Gasteiger partial charge on any atom is -0.345 e. The first-order valence-electron chi connectivity index (χ1n) is 9.25. The molecule has 0 unspecified atom stereocenters. The topological polar surface area (TPSA) is 106 Å². The zero-order valence-electron chi connectivity index (χ0n) is 15.9. The summed E-state index contributed by atoms with van der Waals surface area (Å²) in [5.41, 5.74) is -0.221. The van der Waals surface area contributed by atoms with Crippen LogP contribution in [0.25, 0.3) is 0 Å². The molecule has 30 heavy (non-hydrogen) atoms. The van der Waals surface area contributed by atoms with Gasteiger partial charge in [0.05, 0.1) is 11.0 Å². The average molecular weight is 400 g/mol. The first-order valence-corrected chi connectivity index (χ1v) is 9.25. The van der Waals surface area contributed by atoms with Gasteiger partial charge in [-0.2, -0.15) is 0 Å². The number of hydrogen-bond acceptors (Lipinski definition) is 5. The quantitative estimate of drug-likeness (QED) is 0.413. The molecule has 1 N–H and O–H groups in total. The molecule has 3 aromatic rings. The molecule has 0 aliphatic heterocycles. The molecule has 4 rings (SSSR count). The van der Waals surface area contributed by atoms with Gasteiger partial charge in [-0.1, -0.05) is 54.6 Å². The van der Waals surface area contributed by atoms with Crippen molar-refractivity contribution in [3.8, 4) is 0 Å². The summed E-state index contributed by atoms with van der Waals surface area (Å²) in [6.45, 7) is 1.75. The largest absolute Gasteiger partial charge is 0.345 e. The van der Waals surface area contributed by atoms with E-state index in [-0.39, 0.29) is 27.8 Å². The maximum Gasteiger partial charge on any atom is 0.294 e. The molecular weight excluding hydrogens is 384 g/mol. The summed E-state index contributed by atoms with van der Waals surface area (Å²) in [7, 11) is 0. The molecular formula is C23H16N2O5. The van der Waals surface area contributed by atoms with Crippen LogP contribution in [0.1, 0.15) is 60.7 Å². The molecule has 7 heteroatoms. The smallest absolute Gasteiger partial charge is 0.294 e.